The van der Waals surface area contributed by atoms with Gasteiger partial charge in [0.15, 0.2) is 0 Å². The number of nitrogens with one attached hydrogen (secondary N) is 2. The van der Waals surface area contributed by atoms with Gasteiger partial charge < -0.3 is 10.6 Å². The average molecular weight is 346 g/mol. The van der Waals surface area contributed by atoms with Crippen molar-refractivity contribution in [2.75, 3.05) is 11.9 Å². The molecule has 0 unspecified atom stereocenters. The predicted molar refractivity (Wildman–Crippen MR) is 80.3 cm³/mol. The predicted octanol–water partition coefficient (Wildman–Crippen LogP) is 2.93. The van der Waals surface area contributed by atoms with Crippen LogP contribution in [-0.4, -0.2) is 18.0 Å². The highest BCUT2D eigenvalue weighted by molar-refractivity contribution is 14.1. The van der Waals surface area contributed by atoms with Crippen molar-refractivity contribution >= 4 is 34.2 Å². The van der Waals surface area contributed by atoms with Gasteiger partial charge in [0.2, 0.25) is 5.91 Å². The molecule has 0 heterocycles. The van der Waals surface area contributed by atoms with Crippen LogP contribution in [0.4, 0.5) is 5.69 Å². The molecule has 0 aliphatic heterocycles. The first-order valence-electron chi connectivity index (χ1n) is 5.59. The third-order valence-corrected chi connectivity index (χ3v) is 2.82. The standard InChI is InChI=1S/C13H19IN2O/c1-9-5-6-10(14)7-11(9)15-8-12(17)16-13(2,3)4/h5-7,15H,8H2,1-4H3,(H,16,17). The second kappa shape index (κ2) is 5.71. The second-order valence-corrected chi connectivity index (χ2v) is 6.36. The average Bonchev–Trinajstić information content (AvgIpc) is 2.17. The van der Waals surface area contributed by atoms with Gasteiger partial charge in [0.05, 0.1) is 6.54 Å². The molecule has 1 aromatic rings. The molecule has 0 aliphatic carbocycles. The Morgan fingerprint density at radius 3 is 2.59 bits per heavy atom. The van der Waals surface area contributed by atoms with E-state index in [0.717, 1.165) is 14.8 Å². The van der Waals surface area contributed by atoms with Crippen LogP contribution in [-0.2, 0) is 4.79 Å². The first-order valence-corrected chi connectivity index (χ1v) is 6.67. The van der Waals surface area contributed by atoms with E-state index in [-0.39, 0.29) is 11.4 Å². The number of benzene rings is 1. The summed E-state index contributed by atoms with van der Waals surface area (Å²) in [6.07, 6.45) is 0. The molecule has 0 atom stereocenters. The van der Waals surface area contributed by atoms with Crippen LogP contribution in [0.25, 0.3) is 0 Å². The number of anilines is 1. The Morgan fingerprint density at radius 1 is 1.35 bits per heavy atom. The van der Waals surface area contributed by atoms with Gasteiger partial charge in [-0.2, -0.15) is 0 Å². The van der Waals surface area contributed by atoms with Crippen molar-refractivity contribution in [2.24, 2.45) is 0 Å². The van der Waals surface area contributed by atoms with E-state index in [4.69, 9.17) is 0 Å². The molecule has 0 saturated carbocycles. The zero-order valence-electron chi connectivity index (χ0n) is 10.7. The fourth-order valence-electron chi connectivity index (χ4n) is 1.42. The molecule has 2 N–H and O–H groups in total. The fourth-order valence-corrected chi connectivity index (χ4v) is 1.91. The molecule has 0 aromatic heterocycles. The third kappa shape index (κ3) is 5.39. The number of hydrogen-bond donors (Lipinski definition) is 2. The van der Waals surface area contributed by atoms with E-state index in [1.54, 1.807) is 0 Å². The van der Waals surface area contributed by atoms with E-state index in [1.807, 2.05) is 39.8 Å². The molecule has 1 aromatic carbocycles. The number of hydrogen-bond acceptors (Lipinski definition) is 2. The molecule has 0 radical (unpaired) electrons. The summed E-state index contributed by atoms with van der Waals surface area (Å²) in [4.78, 5) is 11.7. The SMILES string of the molecule is Cc1ccc(I)cc1NCC(=O)NC(C)(C)C. The summed E-state index contributed by atoms with van der Waals surface area (Å²) in [7, 11) is 0. The lowest BCUT2D eigenvalue weighted by Gasteiger charge is -2.21. The van der Waals surface area contributed by atoms with E-state index >= 15 is 0 Å². The van der Waals surface area contributed by atoms with Gasteiger partial charge in [0, 0.05) is 14.8 Å². The van der Waals surface area contributed by atoms with E-state index < -0.39 is 0 Å². The van der Waals surface area contributed by atoms with Crippen molar-refractivity contribution in [3.63, 3.8) is 0 Å². The number of carbonyl (C=O) groups excluding carboxylic acids is 1. The maximum atomic E-state index is 11.7. The van der Waals surface area contributed by atoms with E-state index in [9.17, 15) is 4.79 Å². The van der Waals surface area contributed by atoms with Crippen LogP contribution in [0.5, 0.6) is 0 Å². The zero-order chi connectivity index (χ0) is 13.1. The van der Waals surface area contributed by atoms with Crippen molar-refractivity contribution < 1.29 is 4.79 Å². The van der Waals surface area contributed by atoms with E-state index in [0.29, 0.717) is 6.54 Å². The van der Waals surface area contributed by atoms with Gasteiger partial charge in [-0.1, -0.05) is 6.07 Å². The smallest absolute Gasteiger partial charge is 0.239 e. The van der Waals surface area contributed by atoms with Crippen LogP contribution in [0.3, 0.4) is 0 Å². The summed E-state index contributed by atoms with van der Waals surface area (Å²) in [5, 5.41) is 6.08. The lowest BCUT2D eigenvalue weighted by atomic mass is 10.1. The molecule has 4 heteroatoms. The molecule has 0 bridgehead atoms. The minimum absolute atomic E-state index is 0.00996. The van der Waals surface area contributed by atoms with Crippen LogP contribution in [0, 0.1) is 10.5 Å². The topological polar surface area (TPSA) is 41.1 Å². The summed E-state index contributed by atoms with van der Waals surface area (Å²) in [5.74, 6) is 0.00996. The lowest BCUT2D eigenvalue weighted by molar-refractivity contribution is -0.120. The van der Waals surface area contributed by atoms with Crippen LogP contribution >= 0.6 is 22.6 Å². The van der Waals surface area contributed by atoms with Gasteiger partial charge >= 0.3 is 0 Å². The summed E-state index contributed by atoms with van der Waals surface area (Å²) in [5.41, 5.74) is 1.98. The van der Waals surface area contributed by atoms with Gasteiger partial charge in [-0.25, -0.2) is 0 Å². The monoisotopic (exact) mass is 346 g/mol. The lowest BCUT2D eigenvalue weighted by Crippen LogP contribution is -2.43. The molecule has 3 nitrogen and oxygen atoms in total. The zero-order valence-corrected chi connectivity index (χ0v) is 12.9. The Kier molecular flexibility index (Phi) is 4.80. The highest BCUT2D eigenvalue weighted by atomic mass is 127. The fraction of sp³-hybridized carbons (Fsp3) is 0.462. The molecule has 0 saturated heterocycles. The van der Waals surface area contributed by atoms with Crippen molar-refractivity contribution in [1.82, 2.24) is 5.32 Å². The Bertz CT molecular complexity index is 410. The minimum atomic E-state index is -0.182. The minimum Gasteiger partial charge on any atom is -0.376 e. The maximum absolute atomic E-state index is 11.7. The van der Waals surface area contributed by atoms with Crippen molar-refractivity contribution in [2.45, 2.75) is 33.2 Å². The van der Waals surface area contributed by atoms with Crippen LogP contribution < -0.4 is 10.6 Å². The molecule has 0 spiro atoms. The molecule has 1 rings (SSSR count). The highest BCUT2D eigenvalue weighted by Crippen LogP contribution is 2.17. The van der Waals surface area contributed by atoms with E-state index in [1.165, 1.54) is 0 Å². The van der Waals surface area contributed by atoms with Crippen LogP contribution in [0.15, 0.2) is 18.2 Å². The summed E-state index contributed by atoms with van der Waals surface area (Å²) in [6, 6.07) is 6.14. The Hall–Kier alpha value is -0.780. The second-order valence-electron chi connectivity index (χ2n) is 5.11. The van der Waals surface area contributed by atoms with Gasteiger partial charge in [-0.3, -0.25) is 4.79 Å². The van der Waals surface area contributed by atoms with Crippen molar-refractivity contribution in [1.29, 1.82) is 0 Å². The molecule has 0 fully saturated rings. The van der Waals surface area contributed by atoms with Gasteiger partial charge in [0.25, 0.3) is 0 Å². The molecule has 17 heavy (non-hydrogen) atoms. The highest BCUT2D eigenvalue weighted by Gasteiger charge is 2.13. The van der Waals surface area contributed by atoms with Crippen LogP contribution in [0.1, 0.15) is 26.3 Å². The summed E-state index contributed by atoms with van der Waals surface area (Å²) in [6.45, 7) is 8.25. The Morgan fingerprint density at radius 2 is 2.00 bits per heavy atom. The number of amides is 1. The summed E-state index contributed by atoms with van der Waals surface area (Å²) >= 11 is 2.26. The Labute approximate surface area is 117 Å². The van der Waals surface area contributed by atoms with Crippen molar-refractivity contribution in [3.05, 3.63) is 27.3 Å². The molecule has 1 amide bonds. The largest absolute Gasteiger partial charge is 0.376 e. The van der Waals surface area contributed by atoms with E-state index in [2.05, 4.69) is 39.3 Å². The number of carbonyl (C=O) groups is 1. The van der Waals surface area contributed by atoms with Crippen molar-refractivity contribution in [3.8, 4) is 0 Å². The van der Waals surface area contributed by atoms with Gasteiger partial charge in [0.1, 0.15) is 0 Å². The number of rotatable bonds is 3. The molecule has 0 aliphatic rings. The first kappa shape index (κ1) is 14.3. The first-order chi connectivity index (χ1) is 7.78. The maximum Gasteiger partial charge on any atom is 0.239 e. The molecular formula is C13H19IN2O. The molecule has 94 valence electrons. The number of halogens is 1. The quantitative estimate of drug-likeness (QED) is 0.827. The summed E-state index contributed by atoms with van der Waals surface area (Å²) < 4.78 is 1.16. The van der Waals surface area contributed by atoms with Crippen LogP contribution in [0.2, 0.25) is 0 Å². The molecular weight excluding hydrogens is 327 g/mol. The van der Waals surface area contributed by atoms with Gasteiger partial charge in [-0.05, 0) is 68.0 Å². The number of aryl methyl sites for hydroxylation is 1. The van der Waals surface area contributed by atoms with Gasteiger partial charge in [-0.15, -0.1) is 0 Å². The third-order valence-electron chi connectivity index (χ3n) is 2.15. The normalized spacial score (nSPS) is 11.1. The Balaban J connectivity index is 2.56.